The quantitative estimate of drug-likeness (QED) is 0.662. The summed E-state index contributed by atoms with van der Waals surface area (Å²) in [7, 11) is 0. The molecule has 3 amide bonds. The number of hydrogen-bond donors (Lipinski definition) is 1. The van der Waals surface area contributed by atoms with E-state index in [1.807, 2.05) is 56.3 Å². The lowest BCUT2D eigenvalue weighted by molar-refractivity contribution is -0.122. The molecular formula is C25H25N3O4. The molecule has 32 heavy (non-hydrogen) atoms. The number of hydrogen-bond acceptors (Lipinski definition) is 4. The molecule has 1 aromatic heterocycles. The summed E-state index contributed by atoms with van der Waals surface area (Å²) in [4.78, 5) is 42.0. The summed E-state index contributed by atoms with van der Waals surface area (Å²) in [5.41, 5.74) is 1.17. The van der Waals surface area contributed by atoms with Crippen molar-refractivity contribution < 1.29 is 18.8 Å². The lowest BCUT2D eigenvalue weighted by Crippen LogP contribution is -2.62. The Labute approximate surface area is 186 Å². The highest BCUT2D eigenvalue weighted by molar-refractivity contribution is 6.10. The number of furan rings is 1. The normalized spacial score (nSPS) is 20.9. The van der Waals surface area contributed by atoms with Crippen LogP contribution in [0.25, 0.3) is 11.0 Å². The van der Waals surface area contributed by atoms with Gasteiger partial charge in [0.15, 0.2) is 0 Å². The van der Waals surface area contributed by atoms with Crippen LogP contribution in [0, 0.1) is 0 Å². The summed E-state index contributed by atoms with van der Waals surface area (Å²) in [5, 5.41) is 3.95. The Kier molecular flexibility index (Phi) is 4.77. The van der Waals surface area contributed by atoms with Crippen LogP contribution in [0.1, 0.15) is 55.3 Å². The van der Waals surface area contributed by atoms with Crippen LogP contribution in [-0.2, 0) is 9.59 Å². The molecule has 0 saturated carbocycles. The largest absolute Gasteiger partial charge is 0.459 e. The maximum Gasteiger partial charge on any atom is 0.257 e. The monoisotopic (exact) mass is 431 g/mol. The van der Waals surface area contributed by atoms with Crippen molar-refractivity contribution in [2.24, 2.45) is 0 Å². The van der Waals surface area contributed by atoms with Crippen molar-refractivity contribution >= 4 is 34.4 Å². The number of carbonyl (C=O) groups is 3. The van der Waals surface area contributed by atoms with Gasteiger partial charge in [0.1, 0.15) is 17.0 Å². The summed E-state index contributed by atoms with van der Waals surface area (Å²) in [6.45, 7) is 4.00. The standard InChI is InChI=1S/C25H25N3O4/c1-16(21-15-17-7-3-6-10-20(17)32-21)26-22(29)12-14-27-24(31)18-8-4-5-9-19(18)28-23(30)11-13-25(27,28)2/h3-10,15-16H,11-14H2,1-2H3,(H,26,29)/t16-,25+/m0/s1. The van der Waals surface area contributed by atoms with Gasteiger partial charge in [-0.15, -0.1) is 0 Å². The second kappa shape index (κ2) is 7.51. The lowest BCUT2D eigenvalue weighted by Gasteiger charge is -2.48. The van der Waals surface area contributed by atoms with Crippen LogP contribution in [0.5, 0.6) is 0 Å². The molecule has 0 radical (unpaired) electrons. The highest BCUT2D eigenvalue weighted by Gasteiger charge is 2.52. The number of benzene rings is 2. The number of nitrogens with one attached hydrogen (secondary N) is 1. The minimum atomic E-state index is -0.757. The molecule has 2 atom stereocenters. The summed E-state index contributed by atoms with van der Waals surface area (Å²) in [5.74, 6) is 0.360. The third kappa shape index (κ3) is 3.16. The van der Waals surface area contributed by atoms with E-state index in [2.05, 4.69) is 5.32 Å². The summed E-state index contributed by atoms with van der Waals surface area (Å²) in [6.07, 6.45) is 1.06. The molecule has 2 aliphatic heterocycles. The first kappa shape index (κ1) is 20.3. The van der Waals surface area contributed by atoms with Crippen molar-refractivity contribution in [1.82, 2.24) is 10.2 Å². The Hall–Kier alpha value is -3.61. The minimum absolute atomic E-state index is 0.000379. The van der Waals surface area contributed by atoms with Crippen molar-refractivity contribution in [2.45, 2.75) is 44.8 Å². The van der Waals surface area contributed by atoms with Crippen LogP contribution < -0.4 is 10.2 Å². The SMILES string of the molecule is C[C@H](NC(=O)CCN1C(=O)c2ccccc2N2C(=O)CC[C@]12C)c1cc2ccccc2o1. The lowest BCUT2D eigenvalue weighted by atomic mass is 9.98. The van der Waals surface area contributed by atoms with Crippen molar-refractivity contribution in [3.05, 3.63) is 65.9 Å². The molecule has 2 aliphatic rings. The first-order valence-corrected chi connectivity index (χ1v) is 10.9. The van der Waals surface area contributed by atoms with E-state index in [0.717, 1.165) is 11.0 Å². The van der Waals surface area contributed by atoms with Gasteiger partial charge in [0.25, 0.3) is 5.91 Å². The molecule has 0 aliphatic carbocycles. The zero-order chi connectivity index (χ0) is 22.5. The molecule has 1 saturated heterocycles. The van der Waals surface area contributed by atoms with Crippen LogP contribution >= 0.6 is 0 Å². The second-order valence-electron chi connectivity index (χ2n) is 8.65. The summed E-state index contributed by atoms with van der Waals surface area (Å²) >= 11 is 0. The van der Waals surface area contributed by atoms with Gasteiger partial charge in [0.05, 0.1) is 17.3 Å². The Morgan fingerprint density at radius 3 is 2.72 bits per heavy atom. The van der Waals surface area contributed by atoms with E-state index in [1.54, 1.807) is 21.9 Å². The van der Waals surface area contributed by atoms with Gasteiger partial charge in [-0.05, 0) is 44.5 Å². The first-order valence-electron chi connectivity index (χ1n) is 10.9. The fraction of sp³-hybridized carbons (Fsp3) is 0.320. The first-order chi connectivity index (χ1) is 15.4. The number of nitrogens with zero attached hydrogens (tertiary/aromatic N) is 2. The molecule has 164 valence electrons. The molecule has 7 heteroatoms. The number of anilines is 1. The summed E-state index contributed by atoms with van der Waals surface area (Å²) in [6, 6.07) is 16.5. The Bertz CT molecular complexity index is 1200. The van der Waals surface area contributed by atoms with Gasteiger partial charge >= 0.3 is 0 Å². The predicted molar refractivity (Wildman–Crippen MR) is 120 cm³/mol. The number of amides is 3. The maximum absolute atomic E-state index is 13.3. The molecule has 0 spiro atoms. The molecule has 3 heterocycles. The Balaban J connectivity index is 1.31. The van der Waals surface area contributed by atoms with E-state index in [-0.39, 0.29) is 36.7 Å². The third-order valence-electron chi connectivity index (χ3n) is 6.56. The highest BCUT2D eigenvalue weighted by atomic mass is 16.3. The summed E-state index contributed by atoms with van der Waals surface area (Å²) < 4.78 is 5.84. The molecule has 0 unspecified atom stereocenters. The smallest absolute Gasteiger partial charge is 0.257 e. The molecular weight excluding hydrogens is 406 g/mol. The van der Waals surface area contributed by atoms with Gasteiger partial charge < -0.3 is 14.6 Å². The van der Waals surface area contributed by atoms with Crippen LogP contribution in [0.2, 0.25) is 0 Å². The number of carbonyl (C=O) groups excluding carboxylic acids is 3. The van der Waals surface area contributed by atoms with Crippen molar-refractivity contribution in [3.8, 4) is 0 Å². The van der Waals surface area contributed by atoms with E-state index >= 15 is 0 Å². The van der Waals surface area contributed by atoms with Crippen LogP contribution in [0.3, 0.4) is 0 Å². The second-order valence-corrected chi connectivity index (χ2v) is 8.65. The number of para-hydroxylation sites is 2. The van der Waals surface area contributed by atoms with Crippen molar-refractivity contribution in [2.75, 3.05) is 11.4 Å². The van der Waals surface area contributed by atoms with Gasteiger partial charge in [-0.2, -0.15) is 0 Å². The number of rotatable bonds is 5. The fourth-order valence-electron chi connectivity index (χ4n) is 4.86. The zero-order valence-corrected chi connectivity index (χ0v) is 18.1. The highest BCUT2D eigenvalue weighted by Crippen LogP contribution is 2.44. The van der Waals surface area contributed by atoms with E-state index in [9.17, 15) is 14.4 Å². The molecule has 3 aromatic rings. The third-order valence-corrected chi connectivity index (χ3v) is 6.56. The molecule has 1 fully saturated rings. The molecule has 1 N–H and O–H groups in total. The molecule has 2 aromatic carbocycles. The van der Waals surface area contributed by atoms with Gasteiger partial charge in [-0.3, -0.25) is 19.3 Å². The average Bonchev–Trinajstić information content (AvgIpc) is 3.35. The molecule has 5 rings (SSSR count). The van der Waals surface area contributed by atoms with Crippen molar-refractivity contribution in [1.29, 1.82) is 0 Å². The van der Waals surface area contributed by atoms with Gasteiger partial charge in [0, 0.05) is 24.8 Å². The van der Waals surface area contributed by atoms with Crippen molar-refractivity contribution in [3.63, 3.8) is 0 Å². The van der Waals surface area contributed by atoms with Crippen LogP contribution in [-0.4, -0.2) is 34.8 Å². The van der Waals surface area contributed by atoms with Crippen LogP contribution in [0.4, 0.5) is 5.69 Å². The average molecular weight is 431 g/mol. The van der Waals surface area contributed by atoms with Gasteiger partial charge in [-0.25, -0.2) is 0 Å². The van der Waals surface area contributed by atoms with Crippen LogP contribution in [0.15, 0.2) is 59.0 Å². The minimum Gasteiger partial charge on any atom is -0.459 e. The topological polar surface area (TPSA) is 82.9 Å². The molecule has 7 nitrogen and oxygen atoms in total. The fourth-order valence-corrected chi connectivity index (χ4v) is 4.86. The Morgan fingerprint density at radius 2 is 1.91 bits per heavy atom. The van der Waals surface area contributed by atoms with Gasteiger partial charge in [0.2, 0.25) is 11.8 Å². The predicted octanol–water partition coefficient (Wildman–Crippen LogP) is 4.00. The zero-order valence-electron chi connectivity index (χ0n) is 18.1. The molecule has 0 bridgehead atoms. The Morgan fingerprint density at radius 1 is 1.16 bits per heavy atom. The van der Waals surface area contributed by atoms with E-state index < -0.39 is 5.66 Å². The maximum atomic E-state index is 13.3. The van der Waals surface area contributed by atoms with Gasteiger partial charge in [-0.1, -0.05) is 30.3 Å². The van der Waals surface area contributed by atoms with E-state index in [4.69, 9.17) is 4.42 Å². The van der Waals surface area contributed by atoms with E-state index in [0.29, 0.717) is 29.9 Å². The number of fused-ring (bicyclic) bond motifs is 4. The van der Waals surface area contributed by atoms with E-state index in [1.165, 1.54) is 0 Å².